The van der Waals surface area contributed by atoms with Gasteiger partial charge in [-0.3, -0.25) is 4.79 Å². The van der Waals surface area contributed by atoms with Gasteiger partial charge < -0.3 is 11.1 Å². The second kappa shape index (κ2) is 6.09. The van der Waals surface area contributed by atoms with Gasteiger partial charge in [-0.25, -0.2) is 0 Å². The third-order valence-corrected chi connectivity index (χ3v) is 4.22. The second-order valence-electron chi connectivity index (χ2n) is 5.73. The van der Waals surface area contributed by atoms with Crippen LogP contribution >= 0.6 is 0 Å². The Bertz CT molecular complexity index is 450. The van der Waals surface area contributed by atoms with Gasteiger partial charge in [0.15, 0.2) is 0 Å². The summed E-state index contributed by atoms with van der Waals surface area (Å²) in [6.07, 6.45) is 6.39. The van der Waals surface area contributed by atoms with Crippen molar-refractivity contribution >= 4 is 11.6 Å². The van der Waals surface area contributed by atoms with E-state index in [-0.39, 0.29) is 11.9 Å². The van der Waals surface area contributed by atoms with Crippen LogP contribution in [0.1, 0.15) is 54.9 Å². The van der Waals surface area contributed by atoms with Crippen LogP contribution in [0.25, 0.3) is 0 Å². The molecule has 104 valence electrons. The van der Waals surface area contributed by atoms with Crippen LogP contribution in [0.15, 0.2) is 18.2 Å². The van der Waals surface area contributed by atoms with Gasteiger partial charge in [0.05, 0.1) is 0 Å². The minimum absolute atomic E-state index is 0.00266. The zero-order chi connectivity index (χ0) is 13.8. The van der Waals surface area contributed by atoms with E-state index < -0.39 is 0 Å². The minimum Gasteiger partial charge on any atom is -0.399 e. The van der Waals surface area contributed by atoms with Crippen molar-refractivity contribution in [1.82, 2.24) is 5.32 Å². The molecule has 0 aliphatic heterocycles. The summed E-state index contributed by atoms with van der Waals surface area (Å²) < 4.78 is 0. The number of nitrogen functional groups attached to an aromatic ring is 1. The molecule has 1 aromatic rings. The van der Waals surface area contributed by atoms with Gasteiger partial charge in [-0.15, -0.1) is 0 Å². The van der Waals surface area contributed by atoms with Gasteiger partial charge >= 0.3 is 0 Å². The Hall–Kier alpha value is -1.51. The maximum atomic E-state index is 12.3. The first-order valence-electron chi connectivity index (χ1n) is 7.25. The van der Waals surface area contributed by atoms with Crippen molar-refractivity contribution in [2.45, 2.75) is 52.0 Å². The molecule has 3 nitrogen and oxygen atoms in total. The summed E-state index contributed by atoms with van der Waals surface area (Å²) in [5.41, 5.74) is 8.07. The predicted octanol–water partition coefficient (Wildman–Crippen LogP) is 3.28. The zero-order valence-electron chi connectivity index (χ0n) is 11.9. The van der Waals surface area contributed by atoms with E-state index in [0.717, 1.165) is 5.56 Å². The normalized spacial score (nSPS) is 18.0. The van der Waals surface area contributed by atoms with Crippen LogP contribution in [-0.4, -0.2) is 11.9 Å². The minimum atomic E-state index is 0.00266. The highest BCUT2D eigenvalue weighted by atomic mass is 16.1. The third-order valence-electron chi connectivity index (χ3n) is 4.22. The van der Waals surface area contributed by atoms with E-state index in [1.54, 1.807) is 6.07 Å². The Morgan fingerprint density at radius 3 is 2.68 bits per heavy atom. The molecule has 0 heterocycles. The number of hydrogen-bond acceptors (Lipinski definition) is 2. The molecule has 3 N–H and O–H groups in total. The Balaban J connectivity index is 2.01. The molecular weight excluding hydrogens is 236 g/mol. The average molecular weight is 260 g/mol. The van der Waals surface area contributed by atoms with E-state index in [2.05, 4.69) is 12.2 Å². The Kier molecular flexibility index (Phi) is 4.46. The standard InChI is InChI=1S/C16H24N2O/c1-11-8-9-14(17)10-15(11)16(19)18-12(2)13-6-4-3-5-7-13/h8-10,12-13H,3-7,17H2,1-2H3,(H,18,19). The van der Waals surface area contributed by atoms with Crippen molar-refractivity contribution in [2.24, 2.45) is 5.92 Å². The predicted molar refractivity (Wildman–Crippen MR) is 79.1 cm³/mol. The Morgan fingerprint density at radius 2 is 2.00 bits per heavy atom. The van der Waals surface area contributed by atoms with Gasteiger partial charge in [0.2, 0.25) is 0 Å². The highest BCUT2D eigenvalue weighted by molar-refractivity contribution is 5.96. The highest BCUT2D eigenvalue weighted by Crippen LogP contribution is 2.26. The number of rotatable bonds is 3. The highest BCUT2D eigenvalue weighted by Gasteiger charge is 2.22. The molecule has 1 aromatic carbocycles. The summed E-state index contributed by atoms with van der Waals surface area (Å²) in [6.45, 7) is 4.06. The molecule has 1 saturated carbocycles. The van der Waals surface area contributed by atoms with Crippen molar-refractivity contribution in [3.05, 3.63) is 29.3 Å². The summed E-state index contributed by atoms with van der Waals surface area (Å²) >= 11 is 0. The Labute approximate surface area is 115 Å². The number of aryl methyl sites for hydroxylation is 1. The van der Waals surface area contributed by atoms with Gasteiger partial charge in [-0.05, 0) is 50.3 Å². The Morgan fingerprint density at radius 1 is 1.32 bits per heavy atom. The number of anilines is 1. The van der Waals surface area contributed by atoms with Crippen LogP contribution in [0.3, 0.4) is 0 Å². The van der Waals surface area contributed by atoms with E-state index in [4.69, 9.17) is 5.73 Å². The van der Waals surface area contributed by atoms with Crippen LogP contribution in [0.5, 0.6) is 0 Å². The number of amides is 1. The molecule has 0 saturated heterocycles. The molecule has 1 atom stereocenters. The van der Waals surface area contributed by atoms with Gasteiger partial charge in [-0.2, -0.15) is 0 Å². The first-order chi connectivity index (χ1) is 9.08. The average Bonchev–Trinajstić information content (AvgIpc) is 2.42. The molecule has 3 heteroatoms. The van der Waals surface area contributed by atoms with Crippen LogP contribution in [-0.2, 0) is 0 Å². The summed E-state index contributed by atoms with van der Waals surface area (Å²) in [7, 11) is 0. The summed E-state index contributed by atoms with van der Waals surface area (Å²) in [5.74, 6) is 0.627. The number of nitrogens with one attached hydrogen (secondary N) is 1. The lowest BCUT2D eigenvalue weighted by molar-refractivity contribution is 0.0918. The van der Waals surface area contributed by atoms with Crippen LogP contribution in [0.4, 0.5) is 5.69 Å². The molecule has 1 unspecified atom stereocenters. The first kappa shape index (κ1) is 13.9. The number of nitrogens with two attached hydrogens (primary N) is 1. The third kappa shape index (κ3) is 3.49. The molecule has 1 aliphatic rings. The quantitative estimate of drug-likeness (QED) is 0.819. The summed E-state index contributed by atoms with van der Waals surface area (Å²) in [5, 5.41) is 3.14. The summed E-state index contributed by atoms with van der Waals surface area (Å²) in [6, 6.07) is 5.73. The van der Waals surface area contributed by atoms with Crippen molar-refractivity contribution in [3.63, 3.8) is 0 Å². The molecule has 1 fully saturated rings. The summed E-state index contributed by atoms with van der Waals surface area (Å²) in [4.78, 5) is 12.3. The van der Waals surface area contributed by atoms with E-state index in [0.29, 0.717) is 17.2 Å². The van der Waals surface area contributed by atoms with Crippen molar-refractivity contribution in [3.8, 4) is 0 Å². The van der Waals surface area contributed by atoms with Crippen molar-refractivity contribution in [1.29, 1.82) is 0 Å². The molecule has 1 amide bonds. The van der Waals surface area contributed by atoms with Gasteiger partial charge in [0, 0.05) is 17.3 Å². The van der Waals surface area contributed by atoms with E-state index in [1.165, 1.54) is 32.1 Å². The van der Waals surface area contributed by atoms with Crippen LogP contribution in [0.2, 0.25) is 0 Å². The molecule has 0 spiro atoms. The molecule has 19 heavy (non-hydrogen) atoms. The van der Waals surface area contributed by atoms with Crippen molar-refractivity contribution in [2.75, 3.05) is 5.73 Å². The fraction of sp³-hybridized carbons (Fsp3) is 0.562. The first-order valence-corrected chi connectivity index (χ1v) is 7.25. The monoisotopic (exact) mass is 260 g/mol. The maximum Gasteiger partial charge on any atom is 0.251 e. The second-order valence-corrected chi connectivity index (χ2v) is 5.73. The lowest BCUT2D eigenvalue weighted by Crippen LogP contribution is -2.39. The van der Waals surface area contributed by atoms with Gasteiger partial charge in [0.25, 0.3) is 5.91 Å². The number of carbonyl (C=O) groups excluding carboxylic acids is 1. The lowest BCUT2D eigenvalue weighted by Gasteiger charge is -2.28. The van der Waals surface area contributed by atoms with Crippen LogP contribution in [0, 0.1) is 12.8 Å². The van der Waals surface area contributed by atoms with Gasteiger partial charge in [-0.1, -0.05) is 25.3 Å². The van der Waals surface area contributed by atoms with E-state index >= 15 is 0 Å². The molecular formula is C16H24N2O. The largest absolute Gasteiger partial charge is 0.399 e. The maximum absolute atomic E-state index is 12.3. The molecule has 0 bridgehead atoms. The zero-order valence-corrected chi connectivity index (χ0v) is 11.9. The number of benzene rings is 1. The van der Waals surface area contributed by atoms with Crippen LogP contribution < -0.4 is 11.1 Å². The fourth-order valence-corrected chi connectivity index (χ4v) is 2.92. The van der Waals surface area contributed by atoms with E-state index in [1.807, 2.05) is 19.1 Å². The van der Waals surface area contributed by atoms with E-state index in [9.17, 15) is 4.79 Å². The molecule has 0 aromatic heterocycles. The molecule has 2 rings (SSSR count). The number of carbonyl (C=O) groups is 1. The van der Waals surface area contributed by atoms with Gasteiger partial charge in [0.1, 0.15) is 0 Å². The topological polar surface area (TPSA) is 55.1 Å². The molecule has 1 aliphatic carbocycles. The van der Waals surface area contributed by atoms with Crippen molar-refractivity contribution < 1.29 is 4.79 Å². The number of hydrogen-bond donors (Lipinski definition) is 2. The lowest BCUT2D eigenvalue weighted by atomic mass is 9.84. The molecule has 0 radical (unpaired) electrons. The SMILES string of the molecule is Cc1ccc(N)cc1C(=O)NC(C)C1CCCCC1. The smallest absolute Gasteiger partial charge is 0.251 e. The fourth-order valence-electron chi connectivity index (χ4n) is 2.92.